The number of rotatable bonds is 6. The second-order valence-corrected chi connectivity index (χ2v) is 7.63. The molecular formula is C19H15ClN4O2S2. The standard InChI is InChI=1S/C19H15ClN4O2S2/c1-12-9-13(6-7-16(12)20)25-11-15-5-4-14(26-15)10-21-24-18(22-23-19(24)27)17-3-2-8-28-17/h2-10H,11H2,1H3,(H,23,27)/b21-10-. The predicted molar refractivity (Wildman–Crippen MR) is 113 cm³/mol. The zero-order valence-corrected chi connectivity index (χ0v) is 17.1. The Morgan fingerprint density at radius 2 is 2.25 bits per heavy atom. The van der Waals surface area contributed by atoms with E-state index in [1.165, 1.54) is 0 Å². The van der Waals surface area contributed by atoms with Gasteiger partial charge in [-0.15, -0.1) is 11.3 Å². The quantitative estimate of drug-likeness (QED) is 0.315. The fourth-order valence-corrected chi connectivity index (χ4v) is 3.48. The molecule has 9 heteroatoms. The Kier molecular flexibility index (Phi) is 5.43. The molecule has 6 nitrogen and oxygen atoms in total. The zero-order valence-electron chi connectivity index (χ0n) is 14.8. The van der Waals surface area contributed by atoms with Gasteiger partial charge in [0.25, 0.3) is 0 Å². The molecule has 0 aliphatic carbocycles. The Morgan fingerprint density at radius 3 is 3.04 bits per heavy atom. The van der Waals surface area contributed by atoms with E-state index in [-0.39, 0.29) is 0 Å². The van der Waals surface area contributed by atoms with Crippen molar-refractivity contribution in [2.45, 2.75) is 13.5 Å². The summed E-state index contributed by atoms with van der Waals surface area (Å²) in [5.41, 5.74) is 0.963. The maximum atomic E-state index is 6.03. The molecule has 0 saturated carbocycles. The van der Waals surface area contributed by atoms with Crippen LogP contribution >= 0.6 is 35.2 Å². The maximum absolute atomic E-state index is 6.03. The average Bonchev–Trinajstić information content (AvgIpc) is 3.42. The Labute approximate surface area is 175 Å². The van der Waals surface area contributed by atoms with Crippen LogP contribution in [0.15, 0.2) is 57.4 Å². The summed E-state index contributed by atoms with van der Waals surface area (Å²) in [7, 11) is 0. The van der Waals surface area contributed by atoms with Crippen LogP contribution in [0.5, 0.6) is 5.75 Å². The number of aryl methyl sites for hydroxylation is 1. The molecule has 142 valence electrons. The van der Waals surface area contributed by atoms with Gasteiger partial charge in [0.15, 0.2) is 5.82 Å². The molecule has 0 radical (unpaired) electrons. The molecule has 0 aliphatic rings. The van der Waals surface area contributed by atoms with Crippen LogP contribution in [0.2, 0.25) is 5.02 Å². The minimum Gasteiger partial charge on any atom is -0.486 e. The van der Waals surface area contributed by atoms with Crippen LogP contribution in [0.3, 0.4) is 0 Å². The molecule has 4 aromatic rings. The van der Waals surface area contributed by atoms with Gasteiger partial charge in [0.1, 0.15) is 23.9 Å². The molecule has 0 spiro atoms. The number of halogens is 1. The number of nitrogens with zero attached hydrogens (tertiary/aromatic N) is 3. The molecule has 0 saturated heterocycles. The van der Waals surface area contributed by atoms with Crippen LogP contribution in [0.4, 0.5) is 0 Å². The number of aromatic nitrogens is 3. The normalized spacial score (nSPS) is 11.4. The molecule has 1 aromatic carbocycles. The molecule has 0 unspecified atom stereocenters. The summed E-state index contributed by atoms with van der Waals surface area (Å²) >= 11 is 12.9. The Hall–Kier alpha value is -2.68. The third-order valence-electron chi connectivity index (χ3n) is 3.89. The second-order valence-electron chi connectivity index (χ2n) is 5.89. The lowest BCUT2D eigenvalue weighted by Gasteiger charge is -2.05. The van der Waals surface area contributed by atoms with Gasteiger partial charge in [-0.2, -0.15) is 14.9 Å². The average molecular weight is 431 g/mol. The first-order valence-corrected chi connectivity index (χ1v) is 10.00. The van der Waals surface area contributed by atoms with Gasteiger partial charge in [0.2, 0.25) is 4.77 Å². The molecular weight excluding hydrogens is 416 g/mol. The molecule has 0 atom stereocenters. The highest BCUT2D eigenvalue weighted by atomic mass is 35.5. The number of benzene rings is 1. The van der Waals surface area contributed by atoms with Crippen LogP contribution in [0.25, 0.3) is 10.7 Å². The number of hydrogen-bond donors (Lipinski definition) is 1. The van der Waals surface area contributed by atoms with E-state index in [0.717, 1.165) is 16.2 Å². The minimum absolute atomic E-state index is 0.306. The summed E-state index contributed by atoms with van der Waals surface area (Å²) in [5.74, 6) is 2.66. The molecule has 0 aliphatic heterocycles. The van der Waals surface area contributed by atoms with Crippen molar-refractivity contribution in [3.05, 3.63) is 74.7 Å². The van der Waals surface area contributed by atoms with Crippen molar-refractivity contribution in [3.63, 3.8) is 0 Å². The molecule has 3 aromatic heterocycles. The van der Waals surface area contributed by atoms with Crippen LogP contribution in [0, 0.1) is 11.7 Å². The van der Waals surface area contributed by atoms with Crippen molar-refractivity contribution in [3.8, 4) is 16.5 Å². The van der Waals surface area contributed by atoms with E-state index in [1.807, 2.05) is 54.8 Å². The number of nitrogens with one attached hydrogen (secondary N) is 1. The Bertz CT molecular complexity index is 1170. The highest BCUT2D eigenvalue weighted by molar-refractivity contribution is 7.71. The summed E-state index contributed by atoms with van der Waals surface area (Å²) in [6.07, 6.45) is 1.60. The lowest BCUT2D eigenvalue weighted by atomic mass is 10.2. The third kappa shape index (κ3) is 4.09. The van der Waals surface area contributed by atoms with Gasteiger partial charge in [0.05, 0.1) is 11.1 Å². The molecule has 0 bridgehead atoms. The van der Waals surface area contributed by atoms with Crippen molar-refractivity contribution >= 4 is 41.4 Å². The van der Waals surface area contributed by atoms with E-state index >= 15 is 0 Å². The van der Waals surface area contributed by atoms with E-state index in [9.17, 15) is 0 Å². The predicted octanol–water partition coefficient (Wildman–Crippen LogP) is 5.69. The molecule has 4 rings (SSSR count). The van der Waals surface area contributed by atoms with Gasteiger partial charge in [-0.3, -0.25) is 0 Å². The van der Waals surface area contributed by atoms with E-state index in [0.29, 0.717) is 33.7 Å². The summed E-state index contributed by atoms with van der Waals surface area (Å²) in [4.78, 5) is 0.969. The van der Waals surface area contributed by atoms with E-state index < -0.39 is 0 Å². The van der Waals surface area contributed by atoms with Gasteiger partial charge in [0, 0.05) is 5.02 Å². The number of furan rings is 1. The zero-order chi connectivity index (χ0) is 19.5. The fourth-order valence-electron chi connectivity index (χ4n) is 2.48. The lowest BCUT2D eigenvalue weighted by Crippen LogP contribution is -1.94. The van der Waals surface area contributed by atoms with Crippen molar-refractivity contribution in [2.24, 2.45) is 5.10 Å². The first-order chi connectivity index (χ1) is 13.6. The third-order valence-corrected chi connectivity index (χ3v) is 5.44. The smallest absolute Gasteiger partial charge is 0.216 e. The van der Waals surface area contributed by atoms with Gasteiger partial charge in [-0.05, 0) is 66.5 Å². The number of H-pyrrole nitrogens is 1. The van der Waals surface area contributed by atoms with Crippen LogP contribution in [-0.4, -0.2) is 21.1 Å². The summed E-state index contributed by atoms with van der Waals surface area (Å²) < 4.78 is 13.5. The van der Waals surface area contributed by atoms with Gasteiger partial charge >= 0.3 is 0 Å². The monoisotopic (exact) mass is 430 g/mol. The first kappa shape index (κ1) is 18.7. The first-order valence-electron chi connectivity index (χ1n) is 8.33. The Balaban J connectivity index is 1.46. The fraction of sp³-hybridized carbons (Fsp3) is 0.105. The van der Waals surface area contributed by atoms with Crippen molar-refractivity contribution in [1.82, 2.24) is 14.9 Å². The van der Waals surface area contributed by atoms with Crippen LogP contribution in [0.1, 0.15) is 17.1 Å². The van der Waals surface area contributed by atoms with Crippen LogP contribution in [-0.2, 0) is 6.61 Å². The number of thiophene rings is 1. The van der Waals surface area contributed by atoms with E-state index in [2.05, 4.69) is 15.3 Å². The van der Waals surface area contributed by atoms with Crippen molar-refractivity contribution in [2.75, 3.05) is 0 Å². The van der Waals surface area contributed by atoms with Crippen molar-refractivity contribution in [1.29, 1.82) is 0 Å². The number of ether oxygens (including phenoxy) is 1. The van der Waals surface area contributed by atoms with Gasteiger partial charge in [-0.1, -0.05) is 17.7 Å². The highest BCUT2D eigenvalue weighted by Gasteiger charge is 2.09. The topological polar surface area (TPSA) is 68.3 Å². The number of hydrogen-bond acceptors (Lipinski definition) is 6. The minimum atomic E-state index is 0.306. The van der Waals surface area contributed by atoms with Gasteiger partial charge < -0.3 is 9.15 Å². The van der Waals surface area contributed by atoms with Gasteiger partial charge in [-0.25, -0.2) is 5.10 Å². The SMILES string of the molecule is Cc1cc(OCc2ccc(/C=N\n3c(-c4cccs4)n[nH]c3=S)o2)ccc1Cl. The highest BCUT2D eigenvalue weighted by Crippen LogP contribution is 2.23. The largest absolute Gasteiger partial charge is 0.486 e. The van der Waals surface area contributed by atoms with Crippen molar-refractivity contribution < 1.29 is 9.15 Å². The molecule has 0 fully saturated rings. The summed E-state index contributed by atoms with van der Waals surface area (Å²) in [6.45, 7) is 2.24. The second kappa shape index (κ2) is 8.14. The molecule has 1 N–H and O–H groups in total. The summed E-state index contributed by atoms with van der Waals surface area (Å²) in [6, 6.07) is 13.1. The molecule has 0 amide bonds. The number of aromatic amines is 1. The maximum Gasteiger partial charge on any atom is 0.216 e. The summed E-state index contributed by atoms with van der Waals surface area (Å²) in [5, 5.41) is 14.1. The van der Waals surface area contributed by atoms with E-state index in [1.54, 1.807) is 22.2 Å². The van der Waals surface area contributed by atoms with E-state index in [4.69, 9.17) is 33.0 Å². The van der Waals surface area contributed by atoms with Crippen LogP contribution < -0.4 is 4.74 Å². The lowest BCUT2D eigenvalue weighted by molar-refractivity contribution is 0.269. The Morgan fingerprint density at radius 1 is 1.36 bits per heavy atom. The molecule has 3 heterocycles. The molecule has 28 heavy (non-hydrogen) atoms.